The number of hydrogen-bond acceptors (Lipinski definition) is 3. The average molecular weight is 269 g/mol. The molecule has 6 heteroatoms. The van der Waals surface area contributed by atoms with Crippen LogP contribution in [0.4, 0.5) is 8.78 Å². The normalized spacial score (nSPS) is 24.8. The van der Waals surface area contributed by atoms with E-state index in [1.807, 2.05) is 0 Å². The summed E-state index contributed by atoms with van der Waals surface area (Å²) in [7, 11) is -1.54. The van der Waals surface area contributed by atoms with Gasteiger partial charge in [-0.15, -0.1) is 0 Å². The molecule has 1 atom stereocenters. The van der Waals surface area contributed by atoms with Crippen LogP contribution in [0.1, 0.15) is 38.5 Å². The van der Waals surface area contributed by atoms with Gasteiger partial charge in [-0.1, -0.05) is 0 Å². The highest BCUT2D eigenvalue weighted by atomic mass is 32.2. The molecule has 0 aromatic heterocycles. The molecular formula is C11H21F2NO2S. The number of halogens is 2. The van der Waals surface area contributed by atoms with Crippen LogP contribution >= 0.6 is 0 Å². The minimum atomic E-state index is -3.34. The summed E-state index contributed by atoms with van der Waals surface area (Å²) in [5.41, 5.74) is 0. The van der Waals surface area contributed by atoms with Crippen LogP contribution in [0.15, 0.2) is 0 Å². The van der Waals surface area contributed by atoms with E-state index in [9.17, 15) is 17.2 Å². The van der Waals surface area contributed by atoms with E-state index in [1.165, 1.54) is 0 Å². The molecule has 1 unspecified atom stereocenters. The van der Waals surface area contributed by atoms with E-state index in [1.54, 1.807) is 7.05 Å². The topological polar surface area (TPSA) is 46.2 Å². The van der Waals surface area contributed by atoms with Crippen LogP contribution in [-0.2, 0) is 9.84 Å². The Hall–Kier alpha value is -0.230. The van der Waals surface area contributed by atoms with E-state index in [0.29, 0.717) is 19.3 Å². The van der Waals surface area contributed by atoms with Crippen molar-refractivity contribution in [2.75, 3.05) is 19.3 Å². The Kier molecular flexibility index (Phi) is 5.31. The molecule has 0 radical (unpaired) electrons. The highest BCUT2D eigenvalue weighted by molar-refractivity contribution is 7.92. The molecule has 102 valence electrons. The average Bonchev–Trinajstić information content (AvgIpc) is 2.23. The van der Waals surface area contributed by atoms with Crippen LogP contribution in [0.3, 0.4) is 0 Å². The van der Waals surface area contributed by atoms with Crippen molar-refractivity contribution in [3.05, 3.63) is 0 Å². The molecule has 0 spiro atoms. The fraction of sp³-hybridized carbons (Fsp3) is 1.00. The number of sulfone groups is 1. The Bertz CT molecular complexity index is 330. The molecule has 1 aliphatic rings. The standard InChI is InChI=1S/C11H21F2NO2S/c1-14-7-2-3-8-17(15,16)10-5-4-6-11(12,13)9-10/h10,14H,2-9H2,1H3. The van der Waals surface area contributed by atoms with Crippen molar-refractivity contribution in [3.63, 3.8) is 0 Å². The lowest BCUT2D eigenvalue weighted by Crippen LogP contribution is -2.35. The SMILES string of the molecule is CNCCCCS(=O)(=O)C1CCCC(F)(F)C1. The molecule has 0 aromatic rings. The zero-order chi connectivity index (χ0) is 12.9. The lowest BCUT2D eigenvalue weighted by atomic mass is 9.96. The predicted octanol–water partition coefficient (Wildman–Crippen LogP) is 1.98. The smallest absolute Gasteiger partial charge is 0.249 e. The molecule has 0 aliphatic heterocycles. The van der Waals surface area contributed by atoms with Gasteiger partial charge in [0.15, 0.2) is 9.84 Å². The summed E-state index contributed by atoms with van der Waals surface area (Å²) in [6, 6.07) is 0. The van der Waals surface area contributed by atoms with E-state index in [0.717, 1.165) is 13.0 Å². The third kappa shape index (κ3) is 4.87. The zero-order valence-electron chi connectivity index (χ0n) is 10.2. The third-order valence-corrected chi connectivity index (χ3v) is 5.48. The van der Waals surface area contributed by atoms with E-state index in [-0.39, 0.29) is 12.2 Å². The van der Waals surface area contributed by atoms with Gasteiger partial charge in [0.2, 0.25) is 5.92 Å². The second kappa shape index (κ2) is 6.09. The van der Waals surface area contributed by atoms with Crippen LogP contribution in [0.5, 0.6) is 0 Å². The van der Waals surface area contributed by atoms with Gasteiger partial charge in [0.05, 0.1) is 11.0 Å². The van der Waals surface area contributed by atoms with Crippen LogP contribution in [0, 0.1) is 0 Å². The maximum atomic E-state index is 13.2. The molecule has 0 aromatic carbocycles. The van der Waals surface area contributed by atoms with Gasteiger partial charge in [-0.25, -0.2) is 17.2 Å². The summed E-state index contributed by atoms with van der Waals surface area (Å²) in [4.78, 5) is 0. The lowest BCUT2D eigenvalue weighted by molar-refractivity contribution is -0.0324. The maximum Gasteiger partial charge on any atom is 0.249 e. The van der Waals surface area contributed by atoms with Crippen LogP contribution in [0.25, 0.3) is 0 Å². The van der Waals surface area contributed by atoms with Crippen molar-refractivity contribution in [2.24, 2.45) is 0 Å². The van der Waals surface area contributed by atoms with Crippen molar-refractivity contribution < 1.29 is 17.2 Å². The highest BCUT2D eigenvalue weighted by Crippen LogP contribution is 2.36. The summed E-state index contributed by atoms with van der Waals surface area (Å²) >= 11 is 0. The second-order valence-electron chi connectivity index (χ2n) is 4.75. The van der Waals surface area contributed by atoms with E-state index in [2.05, 4.69) is 5.32 Å². The van der Waals surface area contributed by atoms with Crippen LogP contribution in [-0.4, -0.2) is 38.9 Å². The number of nitrogens with one attached hydrogen (secondary N) is 1. The molecule has 0 bridgehead atoms. The third-order valence-electron chi connectivity index (χ3n) is 3.21. The summed E-state index contributed by atoms with van der Waals surface area (Å²) in [6.45, 7) is 0.760. The van der Waals surface area contributed by atoms with Crippen molar-refractivity contribution in [1.29, 1.82) is 0 Å². The van der Waals surface area contributed by atoms with E-state index >= 15 is 0 Å². The van der Waals surface area contributed by atoms with Crippen LogP contribution in [0.2, 0.25) is 0 Å². The molecule has 1 aliphatic carbocycles. The first kappa shape index (κ1) is 14.8. The minimum absolute atomic E-state index is 0.0371. The van der Waals surface area contributed by atoms with Gasteiger partial charge >= 0.3 is 0 Å². The van der Waals surface area contributed by atoms with Gasteiger partial charge in [0.1, 0.15) is 0 Å². The first-order valence-corrected chi connectivity index (χ1v) is 7.83. The first-order chi connectivity index (χ1) is 7.87. The van der Waals surface area contributed by atoms with Crippen LogP contribution < -0.4 is 5.32 Å². The van der Waals surface area contributed by atoms with Gasteiger partial charge in [0, 0.05) is 12.8 Å². The van der Waals surface area contributed by atoms with E-state index in [4.69, 9.17) is 0 Å². The summed E-state index contributed by atoms with van der Waals surface area (Å²) in [6.07, 6.45) is 1.36. The number of rotatable bonds is 6. The highest BCUT2D eigenvalue weighted by Gasteiger charge is 2.41. The van der Waals surface area contributed by atoms with Crippen molar-refractivity contribution >= 4 is 9.84 Å². The molecule has 17 heavy (non-hydrogen) atoms. The summed E-state index contributed by atoms with van der Waals surface area (Å²) in [5.74, 6) is -2.75. The number of unbranched alkanes of at least 4 members (excludes halogenated alkanes) is 1. The summed E-state index contributed by atoms with van der Waals surface area (Å²) in [5, 5.41) is 2.10. The number of alkyl halides is 2. The molecule has 1 N–H and O–H groups in total. The second-order valence-corrected chi connectivity index (χ2v) is 7.15. The quantitative estimate of drug-likeness (QED) is 0.750. The molecule has 1 fully saturated rings. The van der Waals surface area contributed by atoms with Gasteiger partial charge < -0.3 is 5.32 Å². The van der Waals surface area contributed by atoms with Crippen molar-refractivity contribution in [2.45, 2.75) is 49.7 Å². The van der Waals surface area contributed by atoms with Gasteiger partial charge in [-0.2, -0.15) is 0 Å². The fourth-order valence-corrected chi connectivity index (χ4v) is 4.17. The fourth-order valence-electron chi connectivity index (χ4n) is 2.20. The van der Waals surface area contributed by atoms with Gasteiger partial charge in [0.25, 0.3) is 0 Å². The molecule has 1 rings (SSSR count). The summed E-state index contributed by atoms with van der Waals surface area (Å²) < 4.78 is 50.1. The molecule has 0 saturated heterocycles. The maximum absolute atomic E-state index is 13.2. The monoisotopic (exact) mass is 269 g/mol. The van der Waals surface area contributed by atoms with Crippen molar-refractivity contribution in [1.82, 2.24) is 5.32 Å². The molecule has 3 nitrogen and oxygen atoms in total. The Morgan fingerprint density at radius 2 is 2.06 bits per heavy atom. The van der Waals surface area contributed by atoms with Gasteiger partial charge in [-0.3, -0.25) is 0 Å². The lowest BCUT2D eigenvalue weighted by Gasteiger charge is -2.28. The van der Waals surface area contributed by atoms with E-state index < -0.39 is 27.4 Å². The largest absolute Gasteiger partial charge is 0.320 e. The Labute approximate surface area is 102 Å². The Morgan fingerprint density at radius 3 is 2.65 bits per heavy atom. The van der Waals surface area contributed by atoms with Crippen molar-refractivity contribution in [3.8, 4) is 0 Å². The first-order valence-electron chi connectivity index (χ1n) is 6.11. The number of hydrogen-bond donors (Lipinski definition) is 1. The Morgan fingerprint density at radius 1 is 1.35 bits per heavy atom. The molecule has 0 amide bonds. The molecule has 0 heterocycles. The minimum Gasteiger partial charge on any atom is -0.320 e. The molecule has 1 saturated carbocycles. The molecular weight excluding hydrogens is 248 g/mol. The van der Waals surface area contributed by atoms with Gasteiger partial charge in [-0.05, 0) is 39.3 Å². The Balaban J connectivity index is 2.46. The zero-order valence-corrected chi connectivity index (χ0v) is 11.0. The predicted molar refractivity (Wildman–Crippen MR) is 64.2 cm³/mol.